The minimum atomic E-state index is -0.445. The molecule has 0 aliphatic rings. The molecule has 9 heteroatoms. The molecule has 0 radical (unpaired) electrons. The first-order valence-electron chi connectivity index (χ1n) is 11.1. The summed E-state index contributed by atoms with van der Waals surface area (Å²) in [6, 6.07) is 15.8. The van der Waals surface area contributed by atoms with Crippen molar-refractivity contribution < 1.29 is 9.59 Å². The maximum absolute atomic E-state index is 13.1. The molecule has 2 N–H and O–H groups in total. The van der Waals surface area contributed by atoms with Crippen LogP contribution in [0.3, 0.4) is 0 Å². The van der Waals surface area contributed by atoms with E-state index in [0.717, 1.165) is 5.01 Å². The van der Waals surface area contributed by atoms with Crippen LogP contribution in [0.15, 0.2) is 65.6 Å². The fraction of sp³-hybridized carbons (Fsp3) is 0.231. The lowest BCUT2D eigenvalue weighted by atomic mass is 9.98. The van der Waals surface area contributed by atoms with Gasteiger partial charge in [-0.05, 0) is 37.3 Å². The second-order valence-electron chi connectivity index (χ2n) is 9.21. The van der Waals surface area contributed by atoms with Crippen molar-refractivity contribution in [1.29, 1.82) is 0 Å². The lowest BCUT2D eigenvalue weighted by Crippen LogP contribution is -2.23. The number of nitrogens with zero attached hydrogens (tertiary/aromatic N) is 3. The van der Waals surface area contributed by atoms with Crippen molar-refractivity contribution >= 4 is 34.5 Å². The molecule has 2 aromatic heterocycles. The number of hydrogen-bond acceptors (Lipinski definition) is 5. The van der Waals surface area contributed by atoms with Crippen LogP contribution in [0.4, 0.5) is 11.4 Å². The van der Waals surface area contributed by atoms with Crippen molar-refractivity contribution in [1.82, 2.24) is 14.3 Å². The summed E-state index contributed by atoms with van der Waals surface area (Å²) >= 11 is 1.34. The topological polar surface area (TPSA) is 98.0 Å². The third-order valence-electron chi connectivity index (χ3n) is 5.55. The van der Waals surface area contributed by atoms with Gasteiger partial charge in [0.05, 0.1) is 22.6 Å². The highest BCUT2D eigenvalue weighted by molar-refractivity contribution is 7.13. The molecule has 35 heavy (non-hydrogen) atoms. The van der Waals surface area contributed by atoms with E-state index in [9.17, 15) is 14.4 Å². The summed E-state index contributed by atoms with van der Waals surface area (Å²) in [7, 11) is 1.76. The highest BCUT2D eigenvalue weighted by Gasteiger charge is 2.21. The Morgan fingerprint density at radius 2 is 1.69 bits per heavy atom. The molecular weight excluding hydrogens is 462 g/mol. The number of para-hydroxylation sites is 1. The number of thiazole rings is 1. The van der Waals surface area contributed by atoms with E-state index in [1.54, 1.807) is 49.1 Å². The quantitative estimate of drug-likeness (QED) is 0.423. The van der Waals surface area contributed by atoms with E-state index in [4.69, 9.17) is 0 Å². The van der Waals surface area contributed by atoms with Crippen LogP contribution in [0, 0.1) is 6.92 Å². The third kappa shape index (κ3) is 4.95. The van der Waals surface area contributed by atoms with Gasteiger partial charge in [-0.3, -0.25) is 19.1 Å². The minimum Gasteiger partial charge on any atom is -0.321 e. The zero-order valence-corrected chi connectivity index (χ0v) is 21.1. The van der Waals surface area contributed by atoms with Crippen molar-refractivity contribution in [2.75, 3.05) is 10.6 Å². The number of anilines is 2. The summed E-state index contributed by atoms with van der Waals surface area (Å²) in [6.07, 6.45) is 1.56. The Morgan fingerprint density at radius 1 is 0.971 bits per heavy atom. The molecule has 2 aromatic carbocycles. The summed E-state index contributed by atoms with van der Waals surface area (Å²) in [6.45, 7) is 7.89. The van der Waals surface area contributed by atoms with Crippen LogP contribution in [-0.4, -0.2) is 26.2 Å². The van der Waals surface area contributed by atoms with Gasteiger partial charge in [0.1, 0.15) is 10.6 Å². The molecule has 0 saturated heterocycles. The minimum absolute atomic E-state index is 0.143. The molecule has 4 aromatic rings. The fourth-order valence-electron chi connectivity index (χ4n) is 3.55. The molecule has 0 aliphatic heterocycles. The number of nitrogens with one attached hydrogen (secondary N) is 2. The molecule has 0 aliphatic carbocycles. The maximum Gasteiger partial charge on any atom is 0.295 e. The predicted molar refractivity (Wildman–Crippen MR) is 139 cm³/mol. The van der Waals surface area contributed by atoms with Crippen LogP contribution < -0.4 is 16.2 Å². The van der Waals surface area contributed by atoms with Gasteiger partial charge in [0, 0.05) is 23.7 Å². The third-order valence-corrected chi connectivity index (χ3v) is 6.97. The van der Waals surface area contributed by atoms with Gasteiger partial charge in [0.2, 0.25) is 0 Å². The largest absolute Gasteiger partial charge is 0.321 e. The Hall–Kier alpha value is -3.98. The monoisotopic (exact) mass is 489 g/mol. The molecule has 0 saturated carbocycles. The molecule has 0 spiro atoms. The van der Waals surface area contributed by atoms with E-state index in [1.165, 1.54) is 16.0 Å². The van der Waals surface area contributed by atoms with Gasteiger partial charge in [-0.1, -0.05) is 45.0 Å². The Labute approximate surface area is 207 Å². The van der Waals surface area contributed by atoms with Crippen molar-refractivity contribution in [3.8, 4) is 5.69 Å². The van der Waals surface area contributed by atoms with Crippen molar-refractivity contribution in [3.63, 3.8) is 0 Å². The van der Waals surface area contributed by atoms with Crippen molar-refractivity contribution in [2.45, 2.75) is 33.1 Å². The van der Waals surface area contributed by atoms with E-state index in [1.807, 2.05) is 51.1 Å². The number of carbonyl (C=O) groups excluding carboxylic acids is 2. The Morgan fingerprint density at radius 3 is 2.34 bits per heavy atom. The van der Waals surface area contributed by atoms with Crippen LogP contribution >= 0.6 is 11.3 Å². The number of aromatic nitrogens is 3. The first kappa shape index (κ1) is 24.2. The molecule has 0 unspecified atom stereocenters. The number of carbonyl (C=O) groups is 2. The zero-order chi connectivity index (χ0) is 25.3. The highest BCUT2D eigenvalue weighted by Crippen LogP contribution is 2.27. The van der Waals surface area contributed by atoms with Crippen molar-refractivity contribution in [3.05, 3.63) is 92.3 Å². The molecule has 0 fully saturated rings. The van der Waals surface area contributed by atoms with Crippen molar-refractivity contribution in [2.24, 2.45) is 7.05 Å². The lowest BCUT2D eigenvalue weighted by Gasteiger charge is -2.13. The smallest absolute Gasteiger partial charge is 0.295 e. The van der Waals surface area contributed by atoms with E-state index >= 15 is 0 Å². The van der Waals surface area contributed by atoms with Crippen LogP contribution in [0.1, 0.15) is 51.5 Å². The normalized spacial score (nSPS) is 11.3. The van der Waals surface area contributed by atoms with Gasteiger partial charge in [-0.25, -0.2) is 9.67 Å². The second-order valence-corrected chi connectivity index (χ2v) is 10.2. The Balaban J connectivity index is 1.54. The summed E-state index contributed by atoms with van der Waals surface area (Å²) in [5.74, 6) is -0.736. The summed E-state index contributed by atoms with van der Waals surface area (Å²) < 4.78 is 3.20. The average molecular weight is 490 g/mol. The summed E-state index contributed by atoms with van der Waals surface area (Å²) in [5, 5.41) is 6.44. The second kappa shape index (κ2) is 9.34. The van der Waals surface area contributed by atoms with E-state index in [0.29, 0.717) is 27.5 Å². The highest BCUT2D eigenvalue weighted by atomic mass is 32.1. The molecule has 2 heterocycles. The van der Waals surface area contributed by atoms with Crippen LogP contribution in [0.25, 0.3) is 5.69 Å². The van der Waals surface area contributed by atoms with Gasteiger partial charge in [0.25, 0.3) is 17.4 Å². The van der Waals surface area contributed by atoms with E-state index in [2.05, 4.69) is 15.6 Å². The zero-order valence-electron chi connectivity index (χ0n) is 20.2. The fourth-order valence-corrected chi connectivity index (χ4v) is 4.42. The Kier molecular flexibility index (Phi) is 6.45. The molecule has 8 nitrogen and oxygen atoms in total. The van der Waals surface area contributed by atoms with Gasteiger partial charge >= 0.3 is 0 Å². The molecule has 4 rings (SSSR count). The number of hydrogen-bond donors (Lipinski definition) is 2. The number of benzene rings is 2. The molecular formula is C26H27N5O3S. The number of rotatable bonds is 5. The molecule has 0 bridgehead atoms. The standard InChI is InChI=1S/C26H27N5O3S/c1-16-21(24(34)31(30(16)5)19-12-7-6-8-13-19)29-22(32)17-10-9-11-18(14-17)28-23(33)20-15-27-25(35-20)26(2,3)4/h6-15H,1-5H3,(H,28,33)(H,29,32). The van der Waals surface area contributed by atoms with Crippen LogP contribution in [0.5, 0.6) is 0 Å². The molecule has 0 atom stereocenters. The van der Waals surface area contributed by atoms with Crippen LogP contribution in [0.2, 0.25) is 0 Å². The molecule has 180 valence electrons. The molecule has 2 amide bonds. The lowest BCUT2D eigenvalue weighted by molar-refractivity contribution is 0.101. The number of amides is 2. The Bertz CT molecular complexity index is 1460. The van der Waals surface area contributed by atoms with E-state index < -0.39 is 5.91 Å². The average Bonchev–Trinajstić information content (AvgIpc) is 3.40. The van der Waals surface area contributed by atoms with Gasteiger partial charge in [-0.15, -0.1) is 11.3 Å². The predicted octanol–water partition coefficient (Wildman–Crippen LogP) is 4.74. The summed E-state index contributed by atoms with van der Waals surface area (Å²) in [4.78, 5) is 43.6. The first-order valence-corrected chi connectivity index (χ1v) is 11.9. The maximum atomic E-state index is 13.1. The van der Waals surface area contributed by atoms with Gasteiger partial charge in [0.15, 0.2) is 0 Å². The van der Waals surface area contributed by atoms with Gasteiger partial charge < -0.3 is 10.6 Å². The first-order chi connectivity index (χ1) is 16.6. The van der Waals surface area contributed by atoms with E-state index in [-0.39, 0.29) is 22.6 Å². The SMILES string of the molecule is Cc1c(NC(=O)c2cccc(NC(=O)c3cnc(C(C)(C)C)s3)c2)c(=O)n(-c2ccccc2)n1C. The van der Waals surface area contributed by atoms with Gasteiger partial charge in [-0.2, -0.15) is 0 Å². The summed E-state index contributed by atoms with van der Waals surface area (Å²) in [5.41, 5.74) is 1.85. The van der Waals surface area contributed by atoms with Crippen LogP contribution in [-0.2, 0) is 12.5 Å².